The lowest BCUT2D eigenvalue weighted by Gasteiger charge is -2.66. The van der Waals surface area contributed by atoms with Crippen LogP contribution in [-0.4, -0.2) is 15.2 Å². The highest BCUT2D eigenvalue weighted by atomic mass is 31.2. The highest BCUT2D eigenvalue weighted by molar-refractivity contribution is 7.63. The average Bonchev–Trinajstić information content (AvgIpc) is 1.84. The maximum absolute atomic E-state index is 11.9. The molecule has 2 nitrogen and oxygen atoms in total. The molecule has 0 aliphatic carbocycles. The Morgan fingerprint density at radius 1 is 0.917 bits per heavy atom. The van der Waals surface area contributed by atoms with Crippen LogP contribution in [0.15, 0.2) is 0 Å². The van der Waals surface area contributed by atoms with Crippen LogP contribution >= 0.6 is 7.37 Å². The van der Waals surface area contributed by atoms with Crippen molar-refractivity contribution < 1.29 is 9.46 Å². The molecule has 1 heterocycles. The van der Waals surface area contributed by atoms with Gasteiger partial charge in [-0.1, -0.05) is 41.5 Å². The molecule has 1 rings (SSSR count). The molecule has 1 fully saturated rings. The van der Waals surface area contributed by atoms with Crippen molar-refractivity contribution in [3.63, 3.8) is 0 Å². The molecule has 0 bridgehead atoms. The SMILES string of the molecule is CC1(C)C(C)(C)P(=O)(O)C1(C)C. The van der Waals surface area contributed by atoms with Crippen molar-refractivity contribution in [3.8, 4) is 0 Å². The van der Waals surface area contributed by atoms with Crippen LogP contribution in [0.2, 0.25) is 0 Å². The molecule has 1 aliphatic heterocycles. The van der Waals surface area contributed by atoms with Gasteiger partial charge >= 0.3 is 0 Å². The molecule has 0 unspecified atom stereocenters. The highest BCUT2D eigenvalue weighted by Gasteiger charge is 2.74. The molecule has 3 heteroatoms. The minimum Gasteiger partial charge on any atom is -0.344 e. The third-order valence-corrected chi connectivity index (χ3v) is 8.72. The van der Waals surface area contributed by atoms with Gasteiger partial charge in [0.2, 0.25) is 7.37 Å². The first-order valence-electron chi connectivity index (χ1n) is 4.33. The van der Waals surface area contributed by atoms with Crippen LogP contribution in [-0.2, 0) is 4.57 Å². The lowest BCUT2D eigenvalue weighted by Crippen LogP contribution is -2.65. The topological polar surface area (TPSA) is 37.3 Å². The van der Waals surface area contributed by atoms with E-state index < -0.39 is 17.7 Å². The second-order valence-electron chi connectivity index (χ2n) is 5.32. The third-order valence-electron chi connectivity index (χ3n) is 4.57. The quantitative estimate of drug-likeness (QED) is 0.596. The first kappa shape index (κ1) is 10.3. The largest absolute Gasteiger partial charge is 0.344 e. The van der Waals surface area contributed by atoms with Crippen LogP contribution < -0.4 is 0 Å². The summed E-state index contributed by atoms with van der Waals surface area (Å²) in [6.07, 6.45) is 0. The molecular weight excluding hydrogens is 171 g/mol. The minimum absolute atomic E-state index is 0.0652. The van der Waals surface area contributed by atoms with Gasteiger partial charge in [0.15, 0.2) is 0 Å². The Hall–Kier alpha value is 0.190. The Bertz CT molecular complexity index is 242. The van der Waals surface area contributed by atoms with E-state index in [1.54, 1.807) is 0 Å². The Morgan fingerprint density at radius 2 is 1.17 bits per heavy atom. The van der Waals surface area contributed by atoms with Gasteiger partial charge in [-0.3, -0.25) is 4.57 Å². The maximum Gasteiger partial charge on any atom is 0.212 e. The summed E-state index contributed by atoms with van der Waals surface area (Å²) in [4.78, 5) is 9.86. The van der Waals surface area contributed by atoms with Crippen molar-refractivity contribution in [3.05, 3.63) is 0 Å². The maximum atomic E-state index is 11.9. The van der Waals surface area contributed by atoms with Gasteiger partial charge in [0.1, 0.15) is 0 Å². The van der Waals surface area contributed by atoms with Crippen LogP contribution in [0.5, 0.6) is 0 Å². The standard InChI is InChI=1S/C9H19O2P/c1-7(2)8(3,4)12(10,11)9(7,5)6/h1-6H3,(H,10,11). The van der Waals surface area contributed by atoms with E-state index in [0.717, 1.165) is 0 Å². The van der Waals surface area contributed by atoms with E-state index in [0.29, 0.717) is 0 Å². The molecule has 0 spiro atoms. The van der Waals surface area contributed by atoms with Gasteiger partial charge in [-0.25, -0.2) is 0 Å². The van der Waals surface area contributed by atoms with Crippen LogP contribution in [0, 0.1) is 5.41 Å². The molecule has 72 valence electrons. The van der Waals surface area contributed by atoms with Crippen molar-refractivity contribution in [1.29, 1.82) is 0 Å². The molecule has 0 amide bonds. The fourth-order valence-corrected chi connectivity index (χ4v) is 5.46. The zero-order valence-corrected chi connectivity index (χ0v) is 9.70. The van der Waals surface area contributed by atoms with E-state index in [2.05, 4.69) is 13.8 Å². The Kier molecular flexibility index (Phi) is 1.70. The predicted octanol–water partition coefficient (Wildman–Crippen LogP) is 2.85. The van der Waals surface area contributed by atoms with Gasteiger partial charge in [0.25, 0.3) is 0 Å². The van der Waals surface area contributed by atoms with Gasteiger partial charge in [-0.05, 0) is 5.41 Å². The molecule has 12 heavy (non-hydrogen) atoms. The zero-order chi connectivity index (χ0) is 10.0. The van der Waals surface area contributed by atoms with Crippen LogP contribution in [0.25, 0.3) is 0 Å². The van der Waals surface area contributed by atoms with E-state index in [9.17, 15) is 9.46 Å². The van der Waals surface area contributed by atoms with Crippen molar-refractivity contribution >= 4 is 7.37 Å². The predicted molar refractivity (Wildman–Crippen MR) is 51.8 cm³/mol. The van der Waals surface area contributed by atoms with Gasteiger partial charge in [-0.2, -0.15) is 0 Å². The van der Waals surface area contributed by atoms with E-state index >= 15 is 0 Å². The second kappa shape index (κ2) is 1.99. The summed E-state index contributed by atoms with van der Waals surface area (Å²) in [5.74, 6) is 0. The van der Waals surface area contributed by atoms with E-state index in [-0.39, 0.29) is 5.41 Å². The zero-order valence-electron chi connectivity index (χ0n) is 8.80. The molecule has 0 aromatic rings. The second-order valence-corrected chi connectivity index (χ2v) is 8.71. The van der Waals surface area contributed by atoms with Gasteiger partial charge < -0.3 is 4.89 Å². The lowest BCUT2D eigenvalue weighted by molar-refractivity contribution is 0.112. The van der Waals surface area contributed by atoms with Crippen molar-refractivity contribution in [2.75, 3.05) is 0 Å². The first-order valence-corrected chi connectivity index (χ1v) is 5.99. The van der Waals surface area contributed by atoms with Crippen molar-refractivity contribution in [2.45, 2.75) is 51.9 Å². The average molecular weight is 190 g/mol. The van der Waals surface area contributed by atoms with E-state index in [4.69, 9.17) is 0 Å². The number of hydrogen-bond acceptors (Lipinski definition) is 1. The van der Waals surface area contributed by atoms with Crippen molar-refractivity contribution in [2.24, 2.45) is 5.41 Å². The highest BCUT2D eigenvalue weighted by Crippen LogP contribution is 2.84. The summed E-state index contributed by atoms with van der Waals surface area (Å²) in [6, 6.07) is 0. The molecule has 1 aliphatic rings. The summed E-state index contributed by atoms with van der Waals surface area (Å²) in [6.45, 7) is 11.7. The Morgan fingerprint density at radius 3 is 1.25 bits per heavy atom. The Balaban J connectivity index is 3.26. The molecule has 1 saturated heterocycles. The Labute approximate surface area is 74.8 Å². The van der Waals surface area contributed by atoms with Crippen molar-refractivity contribution in [1.82, 2.24) is 0 Å². The molecule has 1 N–H and O–H groups in total. The summed E-state index contributed by atoms with van der Waals surface area (Å²) < 4.78 is 11.9. The van der Waals surface area contributed by atoms with Crippen LogP contribution in [0.4, 0.5) is 0 Å². The molecular formula is C9H19O2P. The van der Waals surface area contributed by atoms with Gasteiger partial charge in [0, 0.05) is 10.3 Å². The first-order chi connectivity index (χ1) is 5.00. The summed E-state index contributed by atoms with van der Waals surface area (Å²) >= 11 is 0. The van der Waals surface area contributed by atoms with Crippen LogP contribution in [0.3, 0.4) is 0 Å². The fraction of sp³-hybridized carbons (Fsp3) is 1.00. The molecule has 0 saturated carbocycles. The van der Waals surface area contributed by atoms with Crippen LogP contribution in [0.1, 0.15) is 41.5 Å². The molecule has 0 radical (unpaired) electrons. The normalized spacial score (nSPS) is 33.9. The smallest absolute Gasteiger partial charge is 0.212 e. The lowest BCUT2D eigenvalue weighted by atomic mass is 9.69. The minimum atomic E-state index is -2.99. The molecule has 0 aromatic heterocycles. The van der Waals surface area contributed by atoms with E-state index in [1.807, 2.05) is 27.7 Å². The summed E-state index contributed by atoms with van der Waals surface area (Å²) in [7, 11) is -2.99. The summed E-state index contributed by atoms with van der Waals surface area (Å²) in [5.41, 5.74) is -0.0652. The molecule has 0 atom stereocenters. The summed E-state index contributed by atoms with van der Waals surface area (Å²) in [5, 5.41) is -0.882. The number of rotatable bonds is 0. The van der Waals surface area contributed by atoms with Gasteiger partial charge in [-0.15, -0.1) is 0 Å². The number of hydrogen-bond donors (Lipinski definition) is 1. The third kappa shape index (κ3) is 0.657. The fourth-order valence-electron chi connectivity index (χ4n) is 2.15. The van der Waals surface area contributed by atoms with E-state index in [1.165, 1.54) is 0 Å². The monoisotopic (exact) mass is 190 g/mol. The van der Waals surface area contributed by atoms with Gasteiger partial charge in [0.05, 0.1) is 0 Å². The molecule has 0 aromatic carbocycles.